The number of carbonyl (C=O) groups is 3. The quantitative estimate of drug-likeness (QED) is 0.851. The first-order chi connectivity index (χ1) is 10.5. The number of aromatic carboxylic acids is 1. The van der Waals surface area contributed by atoms with Crippen LogP contribution < -0.4 is 5.32 Å². The van der Waals surface area contributed by atoms with Crippen LogP contribution in [-0.4, -0.2) is 46.9 Å². The number of nitrogens with one attached hydrogen (secondary N) is 1. The van der Waals surface area contributed by atoms with Gasteiger partial charge in [-0.25, -0.2) is 4.79 Å². The Kier molecular flexibility index (Phi) is 5.14. The molecule has 1 aliphatic heterocycles. The van der Waals surface area contributed by atoms with E-state index in [1.54, 1.807) is 17.0 Å². The second kappa shape index (κ2) is 7.06. The molecule has 0 bridgehead atoms. The van der Waals surface area contributed by atoms with Gasteiger partial charge < -0.3 is 15.3 Å². The van der Waals surface area contributed by atoms with Crippen LogP contribution in [0.25, 0.3) is 0 Å². The summed E-state index contributed by atoms with van der Waals surface area (Å²) >= 11 is 0. The van der Waals surface area contributed by atoms with Gasteiger partial charge in [0.2, 0.25) is 11.8 Å². The summed E-state index contributed by atoms with van der Waals surface area (Å²) in [4.78, 5) is 36.5. The molecule has 2 N–H and O–H groups in total. The van der Waals surface area contributed by atoms with Gasteiger partial charge in [-0.05, 0) is 30.5 Å². The summed E-state index contributed by atoms with van der Waals surface area (Å²) in [5.74, 6) is -1.09. The monoisotopic (exact) mass is 304 g/mol. The van der Waals surface area contributed by atoms with Crippen LogP contribution in [0, 0.1) is 0 Å². The second-order valence-electron chi connectivity index (χ2n) is 5.30. The average molecular weight is 304 g/mol. The number of nitrogens with zero attached hydrogens (tertiary/aromatic N) is 1. The normalized spacial score (nSPS) is 18.0. The van der Waals surface area contributed by atoms with Crippen LogP contribution in [0.2, 0.25) is 0 Å². The standard InChI is InChI=1S/C16H20N2O4/c1-2-13-15(20)17-9-10-18(13)14(19)8-5-11-3-6-12(7-4-11)16(21)22/h3-4,6-7,13H,2,5,8-10H2,1H3,(H,17,20)(H,21,22). The van der Waals surface area contributed by atoms with Crippen molar-refractivity contribution in [3.05, 3.63) is 35.4 Å². The number of carboxylic acid groups (broad SMARTS) is 1. The molecule has 0 aliphatic carbocycles. The summed E-state index contributed by atoms with van der Waals surface area (Å²) in [5, 5.41) is 11.6. The van der Waals surface area contributed by atoms with Gasteiger partial charge in [-0.15, -0.1) is 0 Å². The molecule has 1 aromatic rings. The molecular weight excluding hydrogens is 284 g/mol. The molecule has 1 aliphatic rings. The maximum absolute atomic E-state index is 12.3. The van der Waals surface area contributed by atoms with E-state index in [2.05, 4.69) is 5.32 Å². The van der Waals surface area contributed by atoms with Crippen LogP contribution in [0.15, 0.2) is 24.3 Å². The lowest BCUT2D eigenvalue weighted by Gasteiger charge is -2.34. The van der Waals surface area contributed by atoms with Gasteiger partial charge in [0.1, 0.15) is 6.04 Å². The van der Waals surface area contributed by atoms with E-state index in [-0.39, 0.29) is 23.4 Å². The molecule has 0 spiro atoms. The molecule has 6 heteroatoms. The molecular formula is C16H20N2O4. The van der Waals surface area contributed by atoms with Crippen molar-refractivity contribution in [3.63, 3.8) is 0 Å². The Labute approximate surface area is 129 Å². The van der Waals surface area contributed by atoms with Gasteiger partial charge in [-0.1, -0.05) is 19.1 Å². The van der Waals surface area contributed by atoms with Crippen molar-refractivity contribution >= 4 is 17.8 Å². The van der Waals surface area contributed by atoms with Gasteiger partial charge in [0, 0.05) is 19.5 Å². The van der Waals surface area contributed by atoms with Crippen LogP contribution in [0.4, 0.5) is 0 Å². The molecule has 0 aromatic heterocycles. The maximum Gasteiger partial charge on any atom is 0.335 e. The van der Waals surface area contributed by atoms with Crippen molar-refractivity contribution in [2.75, 3.05) is 13.1 Å². The van der Waals surface area contributed by atoms with E-state index >= 15 is 0 Å². The zero-order valence-corrected chi connectivity index (χ0v) is 12.5. The Hall–Kier alpha value is -2.37. The smallest absolute Gasteiger partial charge is 0.335 e. The summed E-state index contributed by atoms with van der Waals surface area (Å²) in [6.45, 7) is 2.93. The Morgan fingerprint density at radius 1 is 1.32 bits per heavy atom. The van der Waals surface area contributed by atoms with Gasteiger partial charge in [-0.2, -0.15) is 0 Å². The van der Waals surface area contributed by atoms with Gasteiger partial charge in [-0.3, -0.25) is 9.59 Å². The fourth-order valence-corrected chi connectivity index (χ4v) is 2.63. The Bertz CT molecular complexity index is 568. The van der Waals surface area contributed by atoms with Crippen molar-refractivity contribution in [1.29, 1.82) is 0 Å². The van der Waals surface area contributed by atoms with E-state index in [9.17, 15) is 14.4 Å². The third kappa shape index (κ3) is 3.63. The van der Waals surface area contributed by atoms with Crippen molar-refractivity contribution in [1.82, 2.24) is 10.2 Å². The number of amides is 2. The SMILES string of the molecule is CCC1C(=O)NCCN1C(=O)CCc1ccc(C(=O)O)cc1. The first-order valence-corrected chi connectivity index (χ1v) is 7.42. The minimum absolute atomic E-state index is 0.0380. The minimum Gasteiger partial charge on any atom is -0.478 e. The average Bonchev–Trinajstić information content (AvgIpc) is 2.52. The lowest BCUT2D eigenvalue weighted by atomic mass is 10.0. The molecule has 1 atom stereocenters. The van der Waals surface area contributed by atoms with Crippen molar-refractivity contribution in [2.24, 2.45) is 0 Å². The van der Waals surface area contributed by atoms with Crippen molar-refractivity contribution < 1.29 is 19.5 Å². The highest BCUT2D eigenvalue weighted by Gasteiger charge is 2.30. The lowest BCUT2D eigenvalue weighted by Crippen LogP contribution is -2.56. The molecule has 22 heavy (non-hydrogen) atoms. The number of aryl methyl sites for hydroxylation is 1. The molecule has 0 saturated carbocycles. The van der Waals surface area contributed by atoms with Gasteiger partial charge in [0.05, 0.1) is 5.56 Å². The minimum atomic E-state index is -0.965. The van der Waals surface area contributed by atoms with E-state index in [0.717, 1.165) is 5.56 Å². The highest BCUT2D eigenvalue weighted by molar-refractivity contribution is 5.89. The lowest BCUT2D eigenvalue weighted by molar-refractivity contribution is -0.143. The van der Waals surface area contributed by atoms with Crippen molar-refractivity contribution in [3.8, 4) is 0 Å². The Morgan fingerprint density at radius 3 is 2.59 bits per heavy atom. The van der Waals surface area contributed by atoms with Crippen LogP contribution in [-0.2, 0) is 16.0 Å². The van der Waals surface area contributed by atoms with E-state index < -0.39 is 5.97 Å². The molecule has 2 rings (SSSR count). The summed E-state index contributed by atoms with van der Waals surface area (Å²) < 4.78 is 0. The highest BCUT2D eigenvalue weighted by Crippen LogP contribution is 2.13. The molecule has 1 fully saturated rings. The molecule has 6 nitrogen and oxygen atoms in total. The van der Waals surface area contributed by atoms with Crippen LogP contribution in [0.5, 0.6) is 0 Å². The fourth-order valence-electron chi connectivity index (χ4n) is 2.63. The van der Waals surface area contributed by atoms with Crippen LogP contribution in [0.1, 0.15) is 35.7 Å². The largest absolute Gasteiger partial charge is 0.478 e. The number of carbonyl (C=O) groups excluding carboxylic acids is 2. The summed E-state index contributed by atoms with van der Waals surface area (Å²) in [5.41, 5.74) is 1.14. The Balaban J connectivity index is 1.94. The predicted molar refractivity (Wildman–Crippen MR) is 80.5 cm³/mol. The second-order valence-corrected chi connectivity index (χ2v) is 5.30. The number of hydrogen-bond acceptors (Lipinski definition) is 3. The zero-order chi connectivity index (χ0) is 16.1. The van der Waals surface area contributed by atoms with E-state index in [1.165, 1.54) is 12.1 Å². The molecule has 2 amide bonds. The predicted octanol–water partition coefficient (Wildman–Crippen LogP) is 1.05. The van der Waals surface area contributed by atoms with E-state index in [1.807, 2.05) is 6.92 Å². The van der Waals surface area contributed by atoms with Gasteiger partial charge in [0.25, 0.3) is 0 Å². The maximum atomic E-state index is 12.3. The molecule has 0 radical (unpaired) electrons. The van der Waals surface area contributed by atoms with E-state index in [4.69, 9.17) is 5.11 Å². The summed E-state index contributed by atoms with van der Waals surface area (Å²) in [6.07, 6.45) is 1.45. The van der Waals surface area contributed by atoms with Gasteiger partial charge >= 0.3 is 5.97 Å². The topological polar surface area (TPSA) is 86.7 Å². The number of rotatable bonds is 5. The molecule has 118 valence electrons. The van der Waals surface area contributed by atoms with E-state index in [0.29, 0.717) is 32.4 Å². The summed E-state index contributed by atoms with van der Waals surface area (Å²) in [6, 6.07) is 6.13. The third-order valence-corrected chi connectivity index (χ3v) is 3.87. The van der Waals surface area contributed by atoms with Crippen molar-refractivity contribution in [2.45, 2.75) is 32.2 Å². The van der Waals surface area contributed by atoms with Gasteiger partial charge in [0.15, 0.2) is 0 Å². The highest BCUT2D eigenvalue weighted by atomic mass is 16.4. The zero-order valence-electron chi connectivity index (χ0n) is 12.5. The molecule has 1 saturated heterocycles. The first kappa shape index (κ1) is 16.0. The Morgan fingerprint density at radius 2 is 2.00 bits per heavy atom. The number of benzene rings is 1. The summed E-state index contributed by atoms with van der Waals surface area (Å²) in [7, 11) is 0. The molecule has 1 aromatic carbocycles. The molecule has 1 unspecified atom stereocenters. The molecule has 1 heterocycles. The third-order valence-electron chi connectivity index (χ3n) is 3.87. The first-order valence-electron chi connectivity index (χ1n) is 7.42. The number of hydrogen-bond donors (Lipinski definition) is 2. The number of piperazine rings is 1. The van der Waals surface area contributed by atoms with Crippen LogP contribution >= 0.6 is 0 Å². The number of carboxylic acids is 1. The fraction of sp³-hybridized carbons (Fsp3) is 0.438. The van der Waals surface area contributed by atoms with Crippen LogP contribution in [0.3, 0.4) is 0 Å².